The van der Waals surface area contributed by atoms with E-state index < -0.39 is 24.5 Å². The average molecular weight is 250 g/mol. The van der Waals surface area contributed by atoms with Gasteiger partial charge in [-0.05, 0) is 36.6 Å². The molecule has 0 aliphatic heterocycles. The summed E-state index contributed by atoms with van der Waals surface area (Å²) in [6.45, 7) is 1.65. The van der Waals surface area contributed by atoms with Crippen molar-refractivity contribution in [3.05, 3.63) is 35.1 Å². The maximum atomic E-state index is 12.8. The number of benzene rings is 1. The van der Waals surface area contributed by atoms with E-state index in [4.69, 9.17) is 5.84 Å². The molecule has 0 heterocycles. The third-order valence-corrected chi connectivity index (χ3v) is 2.48. The largest absolute Gasteiger partial charge is 0.390 e. The summed E-state index contributed by atoms with van der Waals surface area (Å²) in [5.74, 6) is 4.68. The number of hydrazine groups is 1. The van der Waals surface area contributed by atoms with Gasteiger partial charge in [0.15, 0.2) is 0 Å². The molecule has 1 rings (SSSR count). The first-order valence-electron chi connectivity index (χ1n) is 5.09. The maximum Gasteiger partial charge on any atom is 0.390 e. The van der Waals surface area contributed by atoms with Gasteiger partial charge >= 0.3 is 6.18 Å². The molecule has 0 bridgehead atoms. The average Bonchev–Trinajstić information content (AvgIpc) is 2.19. The van der Waals surface area contributed by atoms with Gasteiger partial charge in [0.25, 0.3) is 0 Å². The summed E-state index contributed by atoms with van der Waals surface area (Å²) >= 11 is 0. The van der Waals surface area contributed by atoms with Gasteiger partial charge < -0.3 is 0 Å². The molecule has 0 aliphatic rings. The Kier molecular flexibility index (Phi) is 4.47. The van der Waals surface area contributed by atoms with Crippen LogP contribution in [0.5, 0.6) is 0 Å². The zero-order valence-electron chi connectivity index (χ0n) is 9.31. The first-order chi connectivity index (χ1) is 7.81. The minimum atomic E-state index is -4.27. The molecule has 0 fully saturated rings. The summed E-state index contributed by atoms with van der Waals surface area (Å²) in [7, 11) is 0. The summed E-state index contributed by atoms with van der Waals surface area (Å²) in [4.78, 5) is 0. The van der Waals surface area contributed by atoms with Crippen LogP contribution in [-0.2, 0) is 6.42 Å². The van der Waals surface area contributed by atoms with Gasteiger partial charge in [0.1, 0.15) is 5.82 Å². The molecule has 1 unspecified atom stereocenters. The van der Waals surface area contributed by atoms with Crippen LogP contribution in [0.2, 0.25) is 0 Å². The lowest BCUT2D eigenvalue weighted by molar-refractivity contribution is -0.140. The Labute approximate surface area is 96.8 Å². The van der Waals surface area contributed by atoms with Crippen LogP contribution < -0.4 is 11.3 Å². The molecule has 0 amide bonds. The molecular formula is C11H14F4N2. The Morgan fingerprint density at radius 2 is 2.00 bits per heavy atom. The van der Waals surface area contributed by atoms with Crippen LogP contribution >= 0.6 is 0 Å². The van der Waals surface area contributed by atoms with Crippen molar-refractivity contribution >= 4 is 0 Å². The SMILES string of the molecule is Cc1cc(F)ccc1CC(CC(F)(F)F)NN. The van der Waals surface area contributed by atoms with Crippen LogP contribution in [0.4, 0.5) is 17.6 Å². The number of hydrogen-bond donors (Lipinski definition) is 2. The first-order valence-corrected chi connectivity index (χ1v) is 5.09. The summed E-state index contributed by atoms with van der Waals surface area (Å²) < 4.78 is 49.4. The molecule has 0 radical (unpaired) electrons. The molecule has 0 spiro atoms. The minimum Gasteiger partial charge on any atom is -0.271 e. The van der Waals surface area contributed by atoms with Crippen molar-refractivity contribution in [2.24, 2.45) is 5.84 Å². The Balaban J connectivity index is 2.74. The van der Waals surface area contributed by atoms with Gasteiger partial charge in [-0.25, -0.2) is 4.39 Å². The number of nitrogens with one attached hydrogen (secondary N) is 1. The highest BCUT2D eigenvalue weighted by Crippen LogP contribution is 2.23. The summed E-state index contributed by atoms with van der Waals surface area (Å²) in [6, 6.07) is 3.09. The van der Waals surface area contributed by atoms with Crippen molar-refractivity contribution < 1.29 is 17.6 Å². The zero-order chi connectivity index (χ0) is 13.1. The smallest absolute Gasteiger partial charge is 0.271 e. The van der Waals surface area contributed by atoms with E-state index in [9.17, 15) is 17.6 Å². The van der Waals surface area contributed by atoms with Crippen molar-refractivity contribution in [2.45, 2.75) is 32.0 Å². The zero-order valence-corrected chi connectivity index (χ0v) is 9.31. The van der Waals surface area contributed by atoms with Crippen molar-refractivity contribution in [1.82, 2.24) is 5.43 Å². The van der Waals surface area contributed by atoms with Crippen molar-refractivity contribution in [1.29, 1.82) is 0 Å². The van der Waals surface area contributed by atoms with Crippen LogP contribution in [0.15, 0.2) is 18.2 Å². The molecule has 3 N–H and O–H groups in total. The summed E-state index contributed by atoms with van der Waals surface area (Å²) in [6.07, 6.45) is -5.17. The minimum absolute atomic E-state index is 0.113. The quantitative estimate of drug-likeness (QED) is 0.489. The van der Waals surface area contributed by atoms with Crippen LogP contribution in [0.1, 0.15) is 17.5 Å². The number of nitrogens with two attached hydrogens (primary N) is 1. The molecule has 0 aromatic heterocycles. The van der Waals surface area contributed by atoms with Crippen molar-refractivity contribution in [3.8, 4) is 0 Å². The van der Waals surface area contributed by atoms with Gasteiger partial charge in [-0.15, -0.1) is 0 Å². The second-order valence-electron chi connectivity index (χ2n) is 3.96. The maximum absolute atomic E-state index is 12.8. The van der Waals surface area contributed by atoms with E-state index in [1.165, 1.54) is 18.2 Å². The Hall–Kier alpha value is -1.14. The lowest BCUT2D eigenvalue weighted by atomic mass is 9.99. The molecule has 0 aliphatic carbocycles. The van der Waals surface area contributed by atoms with Gasteiger partial charge in [0, 0.05) is 6.04 Å². The number of rotatable bonds is 4. The number of alkyl halides is 3. The fourth-order valence-corrected chi connectivity index (χ4v) is 1.62. The van der Waals surface area contributed by atoms with Crippen LogP contribution in [0.25, 0.3) is 0 Å². The van der Waals surface area contributed by atoms with Gasteiger partial charge in [-0.2, -0.15) is 13.2 Å². The van der Waals surface area contributed by atoms with Gasteiger partial charge in [-0.1, -0.05) is 6.07 Å². The second kappa shape index (κ2) is 5.46. The van der Waals surface area contributed by atoms with Gasteiger partial charge in [0.2, 0.25) is 0 Å². The highest BCUT2D eigenvalue weighted by Gasteiger charge is 2.31. The fourth-order valence-electron chi connectivity index (χ4n) is 1.62. The number of hydrogen-bond acceptors (Lipinski definition) is 2. The third kappa shape index (κ3) is 4.70. The van der Waals surface area contributed by atoms with E-state index in [2.05, 4.69) is 5.43 Å². The molecule has 2 nitrogen and oxygen atoms in total. The van der Waals surface area contributed by atoms with Crippen molar-refractivity contribution in [3.63, 3.8) is 0 Å². The highest BCUT2D eigenvalue weighted by molar-refractivity contribution is 5.27. The van der Waals surface area contributed by atoms with E-state index in [0.29, 0.717) is 11.1 Å². The van der Waals surface area contributed by atoms with E-state index in [0.717, 1.165) is 0 Å². The Morgan fingerprint density at radius 1 is 1.35 bits per heavy atom. The van der Waals surface area contributed by atoms with Gasteiger partial charge in [0.05, 0.1) is 6.42 Å². The van der Waals surface area contributed by atoms with E-state index in [1.54, 1.807) is 6.92 Å². The molecule has 96 valence electrons. The van der Waals surface area contributed by atoms with E-state index in [1.807, 2.05) is 0 Å². The normalized spacial score (nSPS) is 13.8. The predicted molar refractivity (Wildman–Crippen MR) is 56.6 cm³/mol. The second-order valence-corrected chi connectivity index (χ2v) is 3.96. The lowest BCUT2D eigenvalue weighted by Crippen LogP contribution is -2.40. The van der Waals surface area contributed by atoms with Crippen LogP contribution in [-0.4, -0.2) is 12.2 Å². The molecule has 1 aromatic carbocycles. The molecule has 0 saturated heterocycles. The molecule has 1 aromatic rings. The lowest BCUT2D eigenvalue weighted by Gasteiger charge is -2.18. The van der Waals surface area contributed by atoms with Crippen LogP contribution in [0.3, 0.4) is 0 Å². The van der Waals surface area contributed by atoms with E-state index in [-0.39, 0.29) is 6.42 Å². The van der Waals surface area contributed by atoms with Gasteiger partial charge in [-0.3, -0.25) is 11.3 Å². The molecular weight excluding hydrogens is 236 g/mol. The summed E-state index contributed by atoms with van der Waals surface area (Å²) in [5.41, 5.74) is 3.40. The highest BCUT2D eigenvalue weighted by atomic mass is 19.4. The Morgan fingerprint density at radius 3 is 2.47 bits per heavy atom. The topological polar surface area (TPSA) is 38.0 Å². The number of halogens is 4. The summed E-state index contributed by atoms with van der Waals surface area (Å²) in [5, 5.41) is 0. The number of aryl methyl sites for hydroxylation is 1. The molecule has 0 saturated carbocycles. The molecule has 17 heavy (non-hydrogen) atoms. The Bertz CT molecular complexity index is 376. The standard InChI is InChI=1S/C11H14F4N2/c1-7-4-9(12)3-2-8(7)5-10(17-16)6-11(13,14)15/h2-4,10,17H,5-6,16H2,1H3. The fraction of sp³-hybridized carbons (Fsp3) is 0.455. The van der Waals surface area contributed by atoms with E-state index >= 15 is 0 Å². The van der Waals surface area contributed by atoms with Crippen LogP contribution in [0, 0.1) is 12.7 Å². The molecule has 1 atom stereocenters. The monoisotopic (exact) mass is 250 g/mol. The first kappa shape index (κ1) is 13.9. The predicted octanol–water partition coefficient (Wildman–Crippen LogP) is 2.46. The third-order valence-electron chi connectivity index (χ3n) is 2.48. The van der Waals surface area contributed by atoms with Crippen molar-refractivity contribution in [2.75, 3.05) is 0 Å². The molecule has 6 heteroatoms.